The monoisotopic (exact) mass is 336 g/mol. The Morgan fingerprint density at radius 3 is 2.56 bits per heavy atom. The average molecular weight is 336 g/mol. The summed E-state index contributed by atoms with van der Waals surface area (Å²) in [4.78, 5) is 8.43. The SMILES string of the molecule is C#Cc1ncnc2c1c(-c1ccccc1)nn2[C@@H]1O[C@H](C)[C@H](O)[C@@H]1O. The molecule has 126 valence electrons. The lowest BCUT2D eigenvalue weighted by Gasteiger charge is -2.15. The molecule has 0 bridgehead atoms. The third-order valence-electron chi connectivity index (χ3n) is 4.39. The lowest BCUT2D eigenvalue weighted by atomic mass is 10.1. The Balaban J connectivity index is 1.97. The molecule has 0 amide bonds. The molecule has 1 aliphatic rings. The van der Waals surface area contributed by atoms with Gasteiger partial charge < -0.3 is 14.9 Å². The number of aliphatic hydroxyl groups excluding tert-OH is 2. The van der Waals surface area contributed by atoms with E-state index >= 15 is 0 Å². The van der Waals surface area contributed by atoms with Gasteiger partial charge in [-0.2, -0.15) is 5.10 Å². The first-order chi connectivity index (χ1) is 12.1. The standard InChI is InChI=1S/C18H16N4O3/c1-3-12-13-14(11-7-5-4-6-8-11)21-22(17(13)20-9-19-12)18-16(24)15(23)10(2)25-18/h1,4-10,15-16,18,23-24H,2H3/t10-,15+,16+,18-/m1/s1. The smallest absolute Gasteiger partial charge is 0.181 e. The summed E-state index contributed by atoms with van der Waals surface area (Å²) in [6, 6.07) is 9.51. The number of hydrogen-bond acceptors (Lipinski definition) is 6. The van der Waals surface area contributed by atoms with E-state index in [4.69, 9.17) is 11.2 Å². The second kappa shape index (κ2) is 5.93. The van der Waals surface area contributed by atoms with Crippen LogP contribution in [0.5, 0.6) is 0 Å². The molecule has 4 rings (SSSR count). The van der Waals surface area contributed by atoms with Gasteiger partial charge in [0.15, 0.2) is 11.9 Å². The summed E-state index contributed by atoms with van der Waals surface area (Å²) in [7, 11) is 0. The number of hydrogen-bond donors (Lipinski definition) is 2. The molecule has 7 heteroatoms. The van der Waals surface area contributed by atoms with Crippen molar-refractivity contribution in [3.63, 3.8) is 0 Å². The van der Waals surface area contributed by atoms with Gasteiger partial charge in [0.05, 0.1) is 11.5 Å². The van der Waals surface area contributed by atoms with Crippen molar-refractivity contribution in [1.29, 1.82) is 0 Å². The number of benzene rings is 1. The summed E-state index contributed by atoms with van der Waals surface area (Å²) in [5.41, 5.74) is 2.32. The van der Waals surface area contributed by atoms with Crippen LogP contribution in [0.4, 0.5) is 0 Å². The van der Waals surface area contributed by atoms with Gasteiger partial charge >= 0.3 is 0 Å². The van der Waals surface area contributed by atoms with Crippen molar-refractivity contribution >= 4 is 11.0 Å². The Morgan fingerprint density at radius 2 is 1.92 bits per heavy atom. The van der Waals surface area contributed by atoms with E-state index < -0.39 is 24.5 Å². The highest BCUT2D eigenvalue weighted by Crippen LogP contribution is 2.35. The first-order valence-corrected chi connectivity index (χ1v) is 7.88. The molecule has 0 unspecified atom stereocenters. The van der Waals surface area contributed by atoms with Crippen LogP contribution in [0, 0.1) is 12.3 Å². The predicted molar refractivity (Wildman–Crippen MR) is 90.3 cm³/mol. The van der Waals surface area contributed by atoms with E-state index in [1.807, 2.05) is 30.3 Å². The number of nitrogens with zero attached hydrogens (tertiary/aromatic N) is 4. The summed E-state index contributed by atoms with van der Waals surface area (Å²) < 4.78 is 7.16. The van der Waals surface area contributed by atoms with Gasteiger partial charge in [0, 0.05) is 5.56 Å². The first-order valence-electron chi connectivity index (χ1n) is 7.88. The average Bonchev–Trinajstić information content (AvgIpc) is 3.15. The van der Waals surface area contributed by atoms with E-state index in [0.717, 1.165) is 5.56 Å². The fourth-order valence-corrected chi connectivity index (χ4v) is 3.09. The number of aliphatic hydroxyl groups is 2. The van der Waals surface area contributed by atoms with Crippen LogP contribution in [0.3, 0.4) is 0 Å². The predicted octanol–water partition coefficient (Wildman–Crippen LogP) is 1.11. The Hall–Kier alpha value is -2.79. The van der Waals surface area contributed by atoms with Gasteiger partial charge in [-0.15, -0.1) is 6.42 Å². The fourth-order valence-electron chi connectivity index (χ4n) is 3.09. The maximum Gasteiger partial charge on any atom is 0.181 e. The van der Waals surface area contributed by atoms with E-state index in [-0.39, 0.29) is 0 Å². The zero-order valence-electron chi connectivity index (χ0n) is 13.4. The second-order valence-electron chi connectivity index (χ2n) is 5.94. The molecule has 25 heavy (non-hydrogen) atoms. The van der Waals surface area contributed by atoms with Gasteiger partial charge in [-0.3, -0.25) is 0 Å². The Morgan fingerprint density at radius 1 is 1.16 bits per heavy atom. The van der Waals surface area contributed by atoms with Gasteiger partial charge in [0.25, 0.3) is 0 Å². The van der Waals surface area contributed by atoms with Crippen LogP contribution in [0.25, 0.3) is 22.3 Å². The van der Waals surface area contributed by atoms with Crippen LogP contribution >= 0.6 is 0 Å². The van der Waals surface area contributed by atoms with E-state index in [0.29, 0.717) is 22.4 Å². The van der Waals surface area contributed by atoms with Crippen LogP contribution in [-0.4, -0.2) is 48.3 Å². The summed E-state index contributed by atoms with van der Waals surface area (Å²) >= 11 is 0. The Bertz CT molecular complexity index is 964. The van der Waals surface area contributed by atoms with Crippen molar-refractivity contribution in [2.75, 3.05) is 0 Å². The lowest BCUT2D eigenvalue weighted by Crippen LogP contribution is -2.30. The van der Waals surface area contributed by atoms with E-state index in [2.05, 4.69) is 21.0 Å². The normalized spacial score (nSPS) is 26.0. The topological polar surface area (TPSA) is 93.3 Å². The van der Waals surface area contributed by atoms with Gasteiger partial charge in [-0.05, 0) is 12.8 Å². The van der Waals surface area contributed by atoms with Gasteiger partial charge in [-0.1, -0.05) is 30.3 Å². The summed E-state index contributed by atoms with van der Waals surface area (Å²) in [5.74, 6) is 2.56. The minimum atomic E-state index is -1.12. The maximum absolute atomic E-state index is 10.3. The quantitative estimate of drug-likeness (QED) is 0.681. The van der Waals surface area contributed by atoms with Gasteiger partial charge in [0.1, 0.15) is 29.9 Å². The van der Waals surface area contributed by atoms with Crippen LogP contribution in [0.1, 0.15) is 18.8 Å². The second-order valence-corrected chi connectivity index (χ2v) is 5.94. The van der Waals surface area contributed by atoms with Crippen LogP contribution in [0.15, 0.2) is 36.7 Å². The van der Waals surface area contributed by atoms with E-state index in [1.165, 1.54) is 11.0 Å². The third kappa shape index (κ3) is 2.39. The molecule has 1 aliphatic heterocycles. The minimum Gasteiger partial charge on any atom is -0.388 e. The minimum absolute atomic E-state index is 0.413. The van der Waals surface area contributed by atoms with Crippen LogP contribution in [0.2, 0.25) is 0 Å². The Labute approximate surface area is 143 Å². The fraction of sp³-hybridized carbons (Fsp3) is 0.278. The summed E-state index contributed by atoms with van der Waals surface area (Å²) in [6.07, 6.45) is 3.45. The maximum atomic E-state index is 10.3. The summed E-state index contributed by atoms with van der Waals surface area (Å²) in [6.45, 7) is 1.69. The first kappa shape index (κ1) is 15.7. The highest BCUT2D eigenvalue weighted by atomic mass is 16.6. The van der Waals surface area contributed by atoms with E-state index in [9.17, 15) is 10.2 Å². The molecule has 0 spiro atoms. The molecule has 2 aromatic heterocycles. The van der Waals surface area contributed by atoms with Crippen molar-refractivity contribution < 1.29 is 14.9 Å². The number of rotatable bonds is 2. The summed E-state index contributed by atoms with van der Waals surface area (Å²) in [5, 5.41) is 25.5. The van der Waals surface area contributed by atoms with Gasteiger partial charge in [-0.25, -0.2) is 14.6 Å². The molecule has 1 saturated heterocycles. The largest absolute Gasteiger partial charge is 0.388 e. The molecule has 1 fully saturated rings. The van der Waals surface area contributed by atoms with Crippen molar-refractivity contribution in [3.8, 4) is 23.6 Å². The zero-order valence-corrected chi connectivity index (χ0v) is 13.4. The number of aromatic nitrogens is 4. The molecule has 7 nitrogen and oxygen atoms in total. The molecule has 1 aromatic carbocycles. The van der Waals surface area contributed by atoms with Crippen LogP contribution in [-0.2, 0) is 4.74 Å². The zero-order chi connectivity index (χ0) is 17.6. The molecule has 2 N–H and O–H groups in total. The van der Waals surface area contributed by atoms with Crippen molar-refractivity contribution in [1.82, 2.24) is 19.7 Å². The Kier molecular flexibility index (Phi) is 3.73. The number of fused-ring (bicyclic) bond motifs is 1. The highest BCUT2D eigenvalue weighted by Gasteiger charge is 2.43. The highest BCUT2D eigenvalue weighted by molar-refractivity contribution is 5.94. The molecule has 0 radical (unpaired) electrons. The molecule has 3 heterocycles. The van der Waals surface area contributed by atoms with Gasteiger partial charge in [0.2, 0.25) is 0 Å². The molecular weight excluding hydrogens is 320 g/mol. The van der Waals surface area contributed by atoms with Crippen molar-refractivity contribution in [3.05, 3.63) is 42.4 Å². The van der Waals surface area contributed by atoms with Crippen molar-refractivity contribution in [2.24, 2.45) is 0 Å². The van der Waals surface area contributed by atoms with Crippen molar-refractivity contribution in [2.45, 2.75) is 31.5 Å². The molecule has 0 saturated carbocycles. The lowest BCUT2D eigenvalue weighted by molar-refractivity contribution is -0.0370. The van der Waals surface area contributed by atoms with E-state index in [1.54, 1.807) is 6.92 Å². The molecule has 0 aliphatic carbocycles. The third-order valence-corrected chi connectivity index (χ3v) is 4.39. The molecular formula is C18H16N4O3. The molecule has 4 atom stereocenters. The number of terminal acetylenes is 1. The van der Waals surface area contributed by atoms with Crippen LogP contribution < -0.4 is 0 Å². The molecule has 3 aromatic rings. The number of ether oxygens (including phenoxy) is 1.